The lowest BCUT2D eigenvalue weighted by atomic mass is 10.2. The summed E-state index contributed by atoms with van der Waals surface area (Å²) >= 11 is 7.38. The highest BCUT2D eigenvalue weighted by molar-refractivity contribution is 7.99. The van der Waals surface area contributed by atoms with Crippen molar-refractivity contribution >= 4 is 35.0 Å². The highest BCUT2D eigenvalue weighted by atomic mass is 35.5. The minimum atomic E-state index is -0.430. The summed E-state index contributed by atoms with van der Waals surface area (Å²) in [6.07, 6.45) is 0. The third kappa shape index (κ3) is 3.43. The maximum Gasteiger partial charge on any atom is 0.339 e. The first kappa shape index (κ1) is 13.8. The predicted octanol–water partition coefficient (Wildman–Crippen LogP) is 3.86. The lowest BCUT2D eigenvalue weighted by molar-refractivity contribution is 0.0602. The Balaban J connectivity index is 2.20. The second-order valence-corrected chi connectivity index (χ2v) is 5.38. The molecule has 2 aromatic rings. The van der Waals surface area contributed by atoms with Crippen molar-refractivity contribution in [2.75, 3.05) is 12.8 Å². The molecule has 5 heteroatoms. The first-order valence-corrected chi connectivity index (χ1v) is 6.71. The molecule has 0 aliphatic heterocycles. The van der Waals surface area contributed by atoms with E-state index in [1.54, 1.807) is 23.9 Å². The van der Waals surface area contributed by atoms with E-state index in [2.05, 4.69) is 4.74 Å². The number of rotatable bonds is 3. The molecule has 0 unspecified atom stereocenters. The maximum atomic E-state index is 11.4. The minimum Gasteiger partial charge on any atom is -0.465 e. The number of carbonyl (C=O) groups excluding carboxylic acids is 1. The van der Waals surface area contributed by atoms with Crippen molar-refractivity contribution in [2.45, 2.75) is 9.79 Å². The van der Waals surface area contributed by atoms with Gasteiger partial charge in [0.15, 0.2) is 0 Å². The van der Waals surface area contributed by atoms with Gasteiger partial charge in [0, 0.05) is 20.5 Å². The Morgan fingerprint density at radius 3 is 2.37 bits per heavy atom. The van der Waals surface area contributed by atoms with Crippen LogP contribution in [0.25, 0.3) is 0 Å². The van der Waals surface area contributed by atoms with Crippen LogP contribution in [-0.4, -0.2) is 13.1 Å². The largest absolute Gasteiger partial charge is 0.465 e. The van der Waals surface area contributed by atoms with Gasteiger partial charge in [-0.1, -0.05) is 23.4 Å². The summed E-state index contributed by atoms with van der Waals surface area (Å²) in [7, 11) is 1.33. The van der Waals surface area contributed by atoms with Crippen molar-refractivity contribution < 1.29 is 9.53 Å². The van der Waals surface area contributed by atoms with Gasteiger partial charge >= 0.3 is 5.97 Å². The fourth-order valence-corrected chi connectivity index (χ4v) is 2.53. The van der Waals surface area contributed by atoms with Crippen molar-refractivity contribution in [3.63, 3.8) is 0 Å². The Hall–Kier alpha value is -1.65. The zero-order valence-corrected chi connectivity index (χ0v) is 11.8. The molecule has 0 spiro atoms. The van der Waals surface area contributed by atoms with Crippen LogP contribution < -0.4 is 5.73 Å². The summed E-state index contributed by atoms with van der Waals surface area (Å²) in [6.45, 7) is 0. The lowest BCUT2D eigenvalue weighted by Gasteiger charge is -2.06. The zero-order valence-electron chi connectivity index (χ0n) is 10.2. The molecule has 19 heavy (non-hydrogen) atoms. The topological polar surface area (TPSA) is 52.3 Å². The smallest absolute Gasteiger partial charge is 0.339 e. The molecule has 0 aliphatic carbocycles. The number of carbonyl (C=O) groups is 1. The van der Waals surface area contributed by atoms with Crippen LogP contribution in [0, 0.1) is 0 Å². The fraction of sp³-hybridized carbons (Fsp3) is 0.0714. The van der Waals surface area contributed by atoms with Gasteiger partial charge in [-0.3, -0.25) is 0 Å². The van der Waals surface area contributed by atoms with E-state index in [-0.39, 0.29) is 0 Å². The molecule has 0 bridgehead atoms. The number of esters is 1. The van der Waals surface area contributed by atoms with Crippen LogP contribution in [0.15, 0.2) is 52.3 Å². The second-order valence-electron chi connectivity index (χ2n) is 3.80. The molecule has 2 rings (SSSR count). The summed E-state index contributed by atoms with van der Waals surface area (Å²) in [5, 5.41) is 0.699. The van der Waals surface area contributed by atoms with Crippen LogP contribution in [0.5, 0.6) is 0 Å². The fourth-order valence-electron chi connectivity index (χ4n) is 1.54. The first-order chi connectivity index (χ1) is 9.10. The van der Waals surface area contributed by atoms with Gasteiger partial charge in [0.25, 0.3) is 0 Å². The number of benzene rings is 2. The number of hydrogen-bond donors (Lipinski definition) is 1. The van der Waals surface area contributed by atoms with Gasteiger partial charge in [-0.15, -0.1) is 0 Å². The quantitative estimate of drug-likeness (QED) is 0.689. The molecule has 0 radical (unpaired) electrons. The average Bonchev–Trinajstić information content (AvgIpc) is 2.41. The Morgan fingerprint density at radius 1 is 1.16 bits per heavy atom. The Morgan fingerprint density at radius 2 is 1.79 bits per heavy atom. The Kier molecular flexibility index (Phi) is 4.35. The summed E-state index contributed by atoms with van der Waals surface area (Å²) in [5.41, 5.74) is 6.63. The minimum absolute atomic E-state index is 0.378. The molecule has 0 saturated heterocycles. The second kappa shape index (κ2) is 5.99. The van der Waals surface area contributed by atoms with Crippen LogP contribution in [0.3, 0.4) is 0 Å². The van der Waals surface area contributed by atoms with Crippen molar-refractivity contribution in [1.82, 2.24) is 0 Å². The molecule has 0 atom stereocenters. The van der Waals surface area contributed by atoms with Crippen LogP contribution in [0.1, 0.15) is 10.4 Å². The zero-order chi connectivity index (χ0) is 13.8. The van der Waals surface area contributed by atoms with Gasteiger partial charge in [0.1, 0.15) is 0 Å². The molecule has 2 N–H and O–H groups in total. The number of nitrogens with two attached hydrogens (primary N) is 1. The van der Waals surface area contributed by atoms with Gasteiger partial charge in [0.05, 0.1) is 12.7 Å². The number of ether oxygens (including phenoxy) is 1. The number of methoxy groups -OCH3 is 1. The van der Waals surface area contributed by atoms with E-state index in [4.69, 9.17) is 17.3 Å². The molecule has 0 amide bonds. The summed E-state index contributed by atoms with van der Waals surface area (Å²) < 4.78 is 4.65. The number of nitrogen functional groups attached to an aromatic ring is 1. The van der Waals surface area contributed by atoms with Gasteiger partial charge < -0.3 is 10.5 Å². The number of halogens is 1. The van der Waals surface area contributed by atoms with E-state index in [0.717, 1.165) is 9.79 Å². The third-order valence-corrected chi connectivity index (χ3v) is 3.73. The van der Waals surface area contributed by atoms with E-state index in [9.17, 15) is 4.79 Å². The van der Waals surface area contributed by atoms with Crippen LogP contribution >= 0.6 is 23.4 Å². The molecule has 0 heterocycles. The van der Waals surface area contributed by atoms with Crippen molar-refractivity contribution in [3.05, 3.63) is 53.1 Å². The summed E-state index contributed by atoms with van der Waals surface area (Å²) in [4.78, 5) is 13.4. The molecule has 0 saturated carbocycles. The molecular weight excluding hydrogens is 282 g/mol. The van der Waals surface area contributed by atoms with E-state index in [1.165, 1.54) is 7.11 Å². The number of hydrogen-bond acceptors (Lipinski definition) is 4. The molecule has 2 aromatic carbocycles. The Bertz CT molecular complexity index is 599. The SMILES string of the molecule is COC(=O)c1ccc(Sc2ccc(Cl)cc2)cc1N. The standard InChI is InChI=1S/C14H12ClNO2S/c1-18-14(17)12-7-6-11(8-13(12)16)19-10-4-2-9(15)3-5-10/h2-8H,16H2,1H3. The van der Waals surface area contributed by atoms with Gasteiger partial charge in [0.2, 0.25) is 0 Å². The highest BCUT2D eigenvalue weighted by Crippen LogP contribution is 2.30. The molecule has 0 aromatic heterocycles. The van der Waals surface area contributed by atoms with Crippen molar-refractivity contribution in [3.8, 4) is 0 Å². The van der Waals surface area contributed by atoms with Gasteiger partial charge in [-0.25, -0.2) is 4.79 Å². The number of anilines is 1. The van der Waals surface area contributed by atoms with Crippen LogP contribution in [0.2, 0.25) is 5.02 Å². The third-order valence-electron chi connectivity index (χ3n) is 2.48. The normalized spacial score (nSPS) is 10.2. The highest BCUT2D eigenvalue weighted by Gasteiger charge is 2.10. The average molecular weight is 294 g/mol. The lowest BCUT2D eigenvalue weighted by Crippen LogP contribution is -2.05. The molecule has 0 aliphatic rings. The maximum absolute atomic E-state index is 11.4. The molecule has 3 nitrogen and oxygen atoms in total. The Labute approximate surface area is 120 Å². The van der Waals surface area contributed by atoms with Crippen molar-refractivity contribution in [2.24, 2.45) is 0 Å². The van der Waals surface area contributed by atoms with E-state index >= 15 is 0 Å². The van der Waals surface area contributed by atoms with Gasteiger partial charge in [-0.2, -0.15) is 0 Å². The first-order valence-electron chi connectivity index (χ1n) is 5.51. The predicted molar refractivity (Wildman–Crippen MR) is 77.8 cm³/mol. The summed E-state index contributed by atoms with van der Waals surface area (Å²) in [5.74, 6) is -0.430. The van der Waals surface area contributed by atoms with E-state index in [1.807, 2.05) is 30.3 Å². The van der Waals surface area contributed by atoms with Gasteiger partial charge in [-0.05, 0) is 42.5 Å². The van der Waals surface area contributed by atoms with Crippen molar-refractivity contribution in [1.29, 1.82) is 0 Å². The molecule has 98 valence electrons. The monoisotopic (exact) mass is 293 g/mol. The van der Waals surface area contributed by atoms with Crippen LogP contribution in [-0.2, 0) is 4.74 Å². The molecular formula is C14H12ClNO2S. The van der Waals surface area contributed by atoms with E-state index < -0.39 is 5.97 Å². The van der Waals surface area contributed by atoms with E-state index in [0.29, 0.717) is 16.3 Å². The molecule has 0 fully saturated rings. The van der Waals surface area contributed by atoms with Crippen LogP contribution in [0.4, 0.5) is 5.69 Å². The summed E-state index contributed by atoms with van der Waals surface area (Å²) in [6, 6.07) is 12.8.